The van der Waals surface area contributed by atoms with E-state index in [1.165, 1.54) is 12.7 Å². The van der Waals surface area contributed by atoms with Crippen LogP contribution in [0.2, 0.25) is 0 Å². The Morgan fingerprint density at radius 2 is 2.05 bits per heavy atom. The van der Waals surface area contributed by atoms with Gasteiger partial charge < -0.3 is 10.6 Å². The molecule has 0 aliphatic carbocycles. The highest BCUT2D eigenvalue weighted by molar-refractivity contribution is 5.78. The van der Waals surface area contributed by atoms with Crippen LogP contribution in [0, 0.1) is 0 Å². The van der Waals surface area contributed by atoms with Crippen LogP contribution < -0.4 is 5.73 Å². The fourth-order valence-electron chi connectivity index (χ4n) is 1.96. The number of hydrogen-bond acceptors (Lipinski definition) is 3. The third kappa shape index (κ3) is 2.42. The lowest BCUT2D eigenvalue weighted by Gasteiger charge is -2.31. The number of likely N-dealkylation sites (tertiary alicyclic amines) is 1. The predicted molar refractivity (Wildman–Crippen MR) is 72.9 cm³/mol. The van der Waals surface area contributed by atoms with Gasteiger partial charge in [0.2, 0.25) is 0 Å². The molecule has 2 N–H and O–H groups in total. The van der Waals surface area contributed by atoms with Crippen LogP contribution in [0.15, 0.2) is 41.7 Å². The molecule has 1 aromatic heterocycles. The van der Waals surface area contributed by atoms with Gasteiger partial charge in [0.1, 0.15) is 12.9 Å². The Morgan fingerprint density at radius 3 is 2.74 bits per heavy atom. The normalized spacial score (nSPS) is 15.4. The number of hydrogen-bond donors (Lipinski definition) is 1. The van der Waals surface area contributed by atoms with Crippen LogP contribution in [0.4, 0.5) is 0 Å². The Hall–Kier alpha value is -2.37. The van der Waals surface area contributed by atoms with Gasteiger partial charge >= 0.3 is 0 Å². The van der Waals surface area contributed by atoms with Crippen molar-refractivity contribution in [1.29, 1.82) is 0 Å². The van der Waals surface area contributed by atoms with Gasteiger partial charge in [0.15, 0.2) is 11.8 Å². The van der Waals surface area contributed by atoms with E-state index in [2.05, 4.69) is 20.0 Å². The van der Waals surface area contributed by atoms with Gasteiger partial charge in [-0.1, -0.05) is 18.2 Å². The van der Waals surface area contributed by atoms with Crippen LogP contribution in [0.25, 0.3) is 5.69 Å². The molecule has 1 aliphatic rings. The van der Waals surface area contributed by atoms with E-state index in [4.69, 9.17) is 5.73 Å². The zero-order chi connectivity index (χ0) is 13.1. The highest BCUT2D eigenvalue weighted by atomic mass is 15.3. The summed E-state index contributed by atoms with van der Waals surface area (Å²) in [6.45, 7) is 2.44. The van der Waals surface area contributed by atoms with E-state index in [1.54, 1.807) is 4.68 Å². The number of nitrogens with zero attached hydrogens (tertiary/aromatic N) is 5. The highest BCUT2D eigenvalue weighted by Gasteiger charge is 2.15. The predicted octanol–water partition coefficient (Wildman–Crippen LogP) is 0.788. The number of rotatable bonds is 3. The Labute approximate surface area is 111 Å². The van der Waals surface area contributed by atoms with Crippen molar-refractivity contribution in [2.45, 2.75) is 13.0 Å². The van der Waals surface area contributed by atoms with Gasteiger partial charge in [0.05, 0.1) is 5.69 Å². The lowest BCUT2D eigenvalue weighted by molar-refractivity contribution is 0.295. The molecule has 0 spiro atoms. The number of guanidine groups is 1. The smallest absolute Gasteiger partial charge is 0.191 e. The fourth-order valence-corrected chi connectivity index (χ4v) is 1.96. The molecule has 1 fully saturated rings. The molecule has 0 atom stereocenters. The lowest BCUT2D eigenvalue weighted by atomic mass is 10.2. The Bertz CT molecular complexity index is 570. The van der Waals surface area contributed by atoms with Gasteiger partial charge in [-0.15, -0.1) is 0 Å². The van der Waals surface area contributed by atoms with Crippen LogP contribution in [-0.2, 0) is 6.54 Å². The molecule has 1 aromatic carbocycles. The summed E-state index contributed by atoms with van der Waals surface area (Å²) in [4.78, 5) is 10.7. The fraction of sp³-hybridized carbons (Fsp3) is 0.308. The largest absolute Gasteiger partial charge is 0.370 e. The van der Waals surface area contributed by atoms with Crippen molar-refractivity contribution < 1.29 is 0 Å². The van der Waals surface area contributed by atoms with Crippen molar-refractivity contribution in [3.63, 3.8) is 0 Å². The molecular weight excluding hydrogens is 240 g/mol. The topological polar surface area (TPSA) is 72.3 Å². The molecule has 0 bridgehead atoms. The van der Waals surface area contributed by atoms with Crippen molar-refractivity contribution in [2.24, 2.45) is 10.7 Å². The number of nitrogens with two attached hydrogens (primary N) is 1. The van der Waals surface area contributed by atoms with E-state index < -0.39 is 0 Å². The molecule has 2 heterocycles. The summed E-state index contributed by atoms with van der Waals surface area (Å²) in [5.74, 6) is 1.38. The monoisotopic (exact) mass is 256 g/mol. The van der Waals surface area contributed by atoms with Crippen LogP contribution in [0.3, 0.4) is 0 Å². The Balaban J connectivity index is 1.77. The first-order valence-corrected chi connectivity index (χ1v) is 6.34. The van der Waals surface area contributed by atoms with Crippen LogP contribution in [0.1, 0.15) is 12.2 Å². The molecular formula is C13H16N6. The molecule has 19 heavy (non-hydrogen) atoms. The van der Waals surface area contributed by atoms with Crippen molar-refractivity contribution in [3.8, 4) is 5.69 Å². The Morgan fingerprint density at radius 1 is 1.26 bits per heavy atom. The summed E-state index contributed by atoms with van der Waals surface area (Å²) >= 11 is 0. The first kappa shape index (κ1) is 11.7. The minimum atomic E-state index is 0.442. The molecule has 0 saturated carbocycles. The average Bonchev–Trinajstić information content (AvgIpc) is 2.83. The lowest BCUT2D eigenvalue weighted by Crippen LogP contribution is -2.46. The summed E-state index contributed by atoms with van der Waals surface area (Å²) in [5, 5.41) is 4.23. The highest BCUT2D eigenvalue weighted by Crippen LogP contribution is 2.09. The first-order chi connectivity index (χ1) is 9.34. The van der Waals surface area contributed by atoms with Gasteiger partial charge in [0, 0.05) is 13.1 Å². The third-order valence-electron chi connectivity index (χ3n) is 3.18. The van der Waals surface area contributed by atoms with E-state index in [9.17, 15) is 0 Å². The van der Waals surface area contributed by atoms with E-state index in [0.717, 1.165) is 24.6 Å². The second-order valence-corrected chi connectivity index (χ2v) is 4.44. The molecule has 2 aromatic rings. The second-order valence-electron chi connectivity index (χ2n) is 4.44. The third-order valence-corrected chi connectivity index (χ3v) is 3.18. The van der Waals surface area contributed by atoms with Gasteiger partial charge in [-0.3, -0.25) is 0 Å². The van der Waals surface area contributed by atoms with Crippen molar-refractivity contribution in [1.82, 2.24) is 19.7 Å². The quantitative estimate of drug-likeness (QED) is 0.651. The van der Waals surface area contributed by atoms with Crippen LogP contribution >= 0.6 is 0 Å². The average molecular weight is 256 g/mol. The number of aromatic nitrogens is 3. The van der Waals surface area contributed by atoms with Crippen molar-refractivity contribution in [2.75, 3.05) is 13.1 Å². The maximum absolute atomic E-state index is 5.90. The molecule has 0 unspecified atom stereocenters. The minimum absolute atomic E-state index is 0.442. The van der Waals surface area contributed by atoms with E-state index in [0.29, 0.717) is 12.5 Å². The summed E-state index contributed by atoms with van der Waals surface area (Å²) in [6, 6.07) is 9.89. The van der Waals surface area contributed by atoms with E-state index >= 15 is 0 Å². The maximum Gasteiger partial charge on any atom is 0.191 e. The summed E-state index contributed by atoms with van der Waals surface area (Å²) in [5.41, 5.74) is 6.88. The molecule has 6 heteroatoms. The van der Waals surface area contributed by atoms with Crippen molar-refractivity contribution >= 4 is 5.96 Å². The van der Waals surface area contributed by atoms with Gasteiger partial charge in [0.25, 0.3) is 0 Å². The van der Waals surface area contributed by atoms with Crippen LogP contribution in [-0.4, -0.2) is 38.7 Å². The first-order valence-electron chi connectivity index (χ1n) is 6.34. The SMILES string of the molecule is NC(=NCc1ncnn1-c1ccccc1)N1CCC1. The minimum Gasteiger partial charge on any atom is -0.370 e. The Kier molecular flexibility index (Phi) is 3.14. The molecule has 1 aliphatic heterocycles. The maximum atomic E-state index is 5.90. The van der Waals surface area contributed by atoms with E-state index in [1.807, 2.05) is 30.3 Å². The van der Waals surface area contributed by atoms with Crippen molar-refractivity contribution in [3.05, 3.63) is 42.5 Å². The number of para-hydroxylation sites is 1. The molecule has 1 saturated heterocycles. The summed E-state index contributed by atoms with van der Waals surface area (Å²) < 4.78 is 1.78. The number of aliphatic imine (C=N–C) groups is 1. The molecule has 98 valence electrons. The molecule has 3 rings (SSSR count). The summed E-state index contributed by atoms with van der Waals surface area (Å²) in [7, 11) is 0. The molecule has 0 radical (unpaired) electrons. The zero-order valence-electron chi connectivity index (χ0n) is 10.6. The van der Waals surface area contributed by atoms with E-state index in [-0.39, 0.29) is 0 Å². The van der Waals surface area contributed by atoms with Gasteiger partial charge in [-0.25, -0.2) is 14.7 Å². The second kappa shape index (κ2) is 5.09. The van der Waals surface area contributed by atoms with Gasteiger partial charge in [-0.05, 0) is 18.6 Å². The number of benzene rings is 1. The molecule has 0 amide bonds. The van der Waals surface area contributed by atoms with Gasteiger partial charge in [-0.2, -0.15) is 5.10 Å². The standard InChI is InChI=1S/C13H16N6/c14-13(18-7-4-8-18)15-9-12-16-10-17-19(12)11-5-2-1-3-6-11/h1-3,5-6,10H,4,7-9H2,(H2,14,15). The zero-order valence-corrected chi connectivity index (χ0v) is 10.6. The molecule has 6 nitrogen and oxygen atoms in total. The summed E-state index contributed by atoms with van der Waals surface area (Å²) in [6.07, 6.45) is 2.73. The van der Waals surface area contributed by atoms with Crippen LogP contribution in [0.5, 0.6) is 0 Å².